The van der Waals surface area contributed by atoms with Crippen LogP contribution < -0.4 is 22.5 Å². The molecule has 7 nitrogen and oxygen atoms in total. The Kier molecular flexibility index (Phi) is 8.52. The number of nitrogens with zero attached hydrogens (tertiary/aromatic N) is 1. The Bertz CT molecular complexity index is 313. The van der Waals surface area contributed by atoms with Crippen LogP contribution in [0, 0.1) is 5.92 Å². The fourth-order valence-corrected chi connectivity index (χ4v) is 1.60. The van der Waals surface area contributed by atoms with Crippen molar-refractivity contribution in [2.75, 3.05) is 6.54 Å². The van der Waals surface area contributed by atoms with Crippen molar-refractivity contribution >= 4 is 18.2 Å². The molecule has 0 saturated heterocycles. The first-order chi connectivity index (χ1) is 8.86. The van der Waals surface area contributed by atoms with Crippen LogP contribution in [0.2, 0.25) is 0 Å². The van der Waals surface area contributed by atoms with Gasteiger partial charge in [0.05, 0.1) is 12.1 Å². The number of rotatable bonds is 9. The van der Waals surface area contributed by atoms with Crippen LogP contribution in [0.1, 0.15) is 33.1 Å². The fraction of sp³-hybridized carbons (Fsp3) is 0.750. The van der Waals surface area contributed by atoms with Crippen LogP contribution in [0.25, 0.3) is 0 Å². The lowest BCUT2D eigenvalue weighted by Crippen LogP contribution is -2.46. The van der Waals surface area contributed by atoms with Gasteiger partial charge in [0.1, 0.15) is 6.29 Å². The van der Waals surface area contributed by atoms with Gasteiger partial charge >= 0.3 is 0 Å². The summed E-state index contributed by atoms with van der Waals surface area (Å²) in [5.74, 6) is 0.0515. The molecule has 0 radical (unpaired) electrons. The molecule has 0 aromatic carbocycles. The van der Waals surface area contributed by atoms with E-state index in [1.54, 1.807) is 0 Å². The van der Waals surface area contributed by atoms with Gasteiger partial charge in [-0.05, 0) is 25.2 Å². The van der Waals surface area contributed by atoms with Crippen molar-refractivity contribution in [3.05, 3.63) is 0 Å². The zero-order chi connectivity index (χ0) is 14.8. The van der Waals surface area contributed by atoms with Crippen molar-refractivity contribution in [2.24, 2.45) is 28.1 Å². The van der Waals surface area contributed by atoms with Gasteiger partial charge in [0.2, 0.25) is 5.91 Å². The minimum atomic E-state index is -0.583. The van der Waals surface area contributed by atoms with E-state index in [9.17, 15) is 9.59 Å². The summed E-state index contributed by atoms with van der Waals surface area (Å²) in [6.07, 6.45) is 2.39. The number of aliphatic imine (C=N–C) groups is 1. The monoisotopic (exact) mass is 271 g/mol. The van der Waals surface area contributed by atoms with Crippen LogP contribution in [0.4, 0.5) is 0 Å². The van der Waals surface area contributed by atoms with Gasteiger partial charge in [-0.2, -0.15) is 0 Å². The lowest BCUT2D eigenvalue weighted by Gasteiger charge is -2.17. The Morgan fingerprint density at radius 2 is 2.00 bits per heavy atom. The average molecular weight is 271 g/mol. The first-order valence-electron chi connectivity index (χ1n) is 6.43. The summed E-state index contributed by atoms with van der Waals surface area (Å²) in [4.78, 5) is 26.4. The van der Waals surface area contributed by atoms with Gasteiger partial charge in [-0.15, -0.1) is 0 Å². The van der Waals surface area contributed by atoms with Gasteiger partial charge in [0.25, 0.3) is 0 Å². The minimum absolute atomic E-state index is 0.0191. The van der Waals surface area contributed by atoms with Crippen molar-refractivity contribution < 1.29 is 9.59 Å². The van der Waals surface area contributed by atoms with E-state index in [1.807, 2.05) is 13.8 Å². The van der Waals surface area contributed by atoms with Gasteiger partial charge in [-0.3, -0.25) is 9.79 Å². The molecule has 0 aliphatic rings. The molecule has 0 bridgehead atoms. The maximum atomic E-state index is 11.7. The van der Waals surface area contributed by atoms with E-state index in [1.165, 1.54) is 0 Å². The van der Waals surface area contributed by atoms with Gasteiger partial charge in [-0.1, -0.05) is 13.8 Å². The maximum absolute atomic E-state index is 11.7. The van der Waals surface area contributed by atoms with Crippen molar-refractivity contribution in [1.82, 2.24) is 5.32 Å². The summed E-state index contributed by atoms with van der Waals surface area (Å²) in [5, 5.41) is 2.62. The highest BCUT2D eigenvalue weighted by Crippen LogP contribution is 2.03. The molecule has 1 amide bonds. The normalized spacial score (nSPS) is 13.7. The second kappa shape index (κ2) is 9.32. The van der Waals surface area contributed by atoms with Gasteiger partial charge in [0, 0.05) is 6.54 Å². The molecule has 19 heavy (non-hydrogen) atoms. The number of nitrogens with two attached hydrogens (primary N) is 3. The molecule has 0 saturated carbocycles. The van der Waals surface area contributed by atoms with Gasteiger partial charge in [0.15, 0.2) is 5.96 Å². The van der Waals surface area contributed by atoms with Gasteiger partial charge in [-0.25, -0.2) is 0 Å². The number of amides is 1. The van der Waals surface area contributed by atoms with Crippen LogP contribution in [-0.4, -0.2) is 36.8 Å². The number of hydrogen-bond acceptors (Lipinski definition) is 4. The molecular formula is C12H25N5O2. The van der Waals surface area contributed by atoms with E-state index in [-0.39, 0.29) is 11.9 Å². The summed E-state index contributed by atoms with van der Waals surface area (Å²) < 4.78 is 0. The molecule has 7 N–H and O–H groups in total. The number of guanidine groups is 1. The molecular weight excluding hydrogens is 246 g/mol. The van der Waals surface area contributed by atoms with Crippen LogP contribution in [-0.2, 0) is 9.59 Å². The SMILES string of the molecule is CC(C)C[C@@H](N)C(=O)N[C@@H](C=O)CCCN=C(N)N. The van der Waals surface area contributed by atoms with Crippen molar-refractivity contribution in [1.29, 1.82) is 0 Å². The first kappa shape index (κ1) is 17.4. The predicted molar refractivity (Wildman–Crippen MR) is 75.3 cm³/mol. The zero-order valence-electron chi connectivity index (χ0n) is 11.6. The Hall–Kier alpha value is -1.63. The molecule has 0 aliphatic carbocycles. The molecule has 2 atom stereocenters. The third-order valence-corrected chi connectivity index (χ3v) is 2.52. The Balaban J connectivity index is 4.07. The summed E-state index contributed by atoms with van der Waals surface area (Å²) in [6.45, 7) is 4.40. The molecule has 0 spiro atoms. The molecule has 0 fully saturated rings. The van der Waals surface area contributed by atoms with Crippen molar-refractivity contribution in [3.63, 3.8) is 0 Å². The number of hydrogen-bond donors (Lipinski definition) is 4. The Labute approximate surface area is 114 Å². The standard InChI is InChI=1S/C12H25N5O2/c1-8(2)6-10(13)11(19)17-9(7-18)4-3-5-16-12(14)15/h7-10H,3-6,13H2,1-2H3,(H,17,19)(H4,14,15,16)/t9-,10-/m1/s1. The van der Waals surface area contributed by atoms with E-state index >= 15 is 0 Å². The molecule has 0 aromatic rings. The Morgan fingerprint density at radius 3 is 2.47 bits per heavy atom. The largest absolute Gasteiger partial charge is 0.370 e. The molecule has 7 heteroatoms. The average Bonchev–Trinajstić information content (AvgIpc) is 2.31. The van der Waals surface area contributed by atoms with Crippen LogP contribution in [0.5, 0.6) is 0 Å². The second-order valence-electron chi connectivity index (χ2n) is 4.94. The second-order valence-corrected chi connectivity index (χ2v) is 4.94. The highest BCUT2D eigenvalue weighted by molar-refractivity contribution is 5.84. The molecule has 110 valence electrons. The summed E-state index contributed by atoms with van der Waals surface area (Å²) in [5.41, 5.74) is 16.1. The maximum Gasteiger partial charge on any atom is 0.237 e. The molecule has 0 heterocycles. The van der Waals surface area contributed by atoms with Gasteiger partial charge < -0.3 is 27.3 Å². The summed E-state index contributed by atoms with van der Waals surface area (Å²) >= 11 is 0. The lowest BCUT2D eigenvalue weighted by molar-refractivity contribution is -0.125. The van der Waals surface area contributed by atoms with E-state index in [2.05, 4.69) is 10.3 Å². The predicted octanol–water partition coefficient (Wildman–Crippen LogP) is -0.903. The molecule has 0 unspecified atom stereocenters. The van der Waals surface area contributed by atoms with E-state index in [4.69, 9.17) is 17.2 Å². The quantitative estimate of drug-likeness (QED) is 0.186. The zero-order valence-corrected chi connectivity index (χ0v) is 11.6. The number of aldehydes is 1. The van der Waals surface area contributed by atoms with Crippen molar-refractivity contribution in [2.45, 2.75) is 45.2 Å². The van der Waals surface area contributed by atoms with Crippen LogP contribution in [0.3, 0.4) is 0 Å². The third kappa shape index (κ3) is 9.01. The topological polar surface area (TPSA) is 137 Å². The summed E-state index contributed by atoms with van der Waals surface area (Å²) in [7, 11) is 0. The van der Waals surface area contributed by atoms with E-state index in [0.29, 0.717) is 38.0 Å². The van der Waals surface area contributed by atoms with Crippen LogP contribution in [0.15, 0.2) is 4.99 Å². The fourth-order valence-electron chi connectivity index (χ4n) is 1.60. The number of carbonyl (C=O) groups is 2. The Morgan fingerprint density at radius 1 is 1.37 bits per heavy atom. The lowest BCUT2D eigenvalue weighted by atomic mass is 10.0. The first-order valence-corrected chi connectivity index (χ1v) is 6.43. The van der Waals surface area contributed by atoms with Crippen molar-refractivity contribution in [3.8, 4) is 0 Å². The van der Waals surface area contributed by atoms with E-state index < -0.39 is 12.1 Å². The molecule has 0 aliphatic heterocycles. The molecule has 0 aromatic heterocycles. The highest BCUT2D eigenvalue weighted by atomic mass is 16.2. The molecule has 0 rings (SSSR count). The van der Waals surface area contributed by atoms with Crippen LogP contribution >= 0.6 is 0 Å². The smallest absolute Gasteiger partial charge is 0.237 e. The summed E-state index contributed by atoms with van der Waals surface area (Å²) in [6, 6.07) is -1.12. The number of nitrogens with one attached hydrogen (secondary N) is 1. The highest BCUT2D eigenvalue weighted by Gasteiger charge is 2.18. The third-order valence-electron chi connectivity index (χ3n) is 2.52. The van der Waals surface area contributed by atoms with E-state index in [0.717, 1.165) is 0 Å². The number of carbonyl (C=O) groups excluding carboxylic acids is 2. The minimum Gasteiger partial charge on any atom is -0.370 e.